The van der Waals surface area contributed by atoms with Crippen molar-refractivity contribution in [1.29, 1.82) is 0 Å². The number of nitrogen functional groups attached to an aromatic ring is 1. The zero-order chi connectivity index (χ0) is 17.4. The summed E-state index contributed by atoms with van der Waals surface area (Å²) in [6.45, 7) is 2.87. The highest BCUT2D eigenvalue weighted by Crippen LogP contribution is 2.41. The Bertz CT molecular complexity index is 1060. The summed E-state index contributed by atoms with van der Waals surface area (Å²) in [5.41, 5.74) is 10.6. The molecule has 4 rings (SSSR count). The molecule has 0 saturated heterocycles. The van der Waals surface area contributed by atoms with E-state index >= 15 is 0 Å². The summed E-state index contributed by atoms with van der Waals surface area (Å²) in [4.78, 5) is 15.0. The van der Waals surface area contributed by atoms with Crippen LogP contribution in [0.3, 0.4) is 0 Å². The van der Waals surface area contributed by atoms with E-state index < -0.39 is 0 Å². The standard InChI is InChI=1S/C18H15N5OS/c1-2-23-9-12(7-21-23)14-8-20-18(19)16-15(10-25-17(14)16)11-3-5-13(22-24)6-4-11/h3-10H,2H2,1H3,(H2,19,20). The van der Waals surface area contributed by atoms with E-state index in [-0.39, 0.29) is 0 Å². The SMILES string of the molecule is CCn1cc(-c2cnc(N)c3c(-c4ccc(N=O)cc4)csc23)cn1. The van der Waals surface area contributed by atoms with Crippen LogP contribution in [-0.4, -0.2) is 14.8 Å². The van der Waals surface area contributed by atoms with Gasteiger partial charge in [0.05, 0.1) is 6.20 Å². The number of thiophene rings is 1. The number of nitrogens with zero attached hydrogens (tertiary/aromatic N) is 4. The number of aromatic nitrogens is 3. The maximum absolute atomic E-state index is 10.6. The molecule has 3 aromatic heterocycles. The van der Waals surface area contributed by atoms with Gasteiger partial charge in [0.15, 0.2) is 0 Å². The Hall–Kier alpha value is -3.06. The fourth-order valence-corrected chi connectivity index (χ4v) is 3.98. The molecular weight excluding hydrogens is 334 g/mol. The average Bonchev–Trinajstić information content (AvgIpc) is 3.30. The van der Waals surface area contributed by atoms with Crippen molar-refractivity contribution in [1.82, 2.24) is 14.8 Å². The summed E-state index contributed by atoms with van der Waals surface area (Å²) in [7, 11) is 0. The van der Waals surface area contributed by atoms with E-state index in [2.05, 4.69) is 27.6 Å². The Morgan fingerprint density at radius 2 is 1.96 bits per heavy atom. The molecule has 124 valence electrons. The molecule has 0 fully saturated rings. The molecule has 0 aliphatic heterocycles. The molecule has 0 aliphatic carbocycles. The molecule has 25 heavy (non-hydrogen) atoms. The Morgan fingerprint density at radius 1 is 1.16 bits per heavy atom. The number of fused-ring (bicyclic) bond motifs is 1. The zero-order valence-corrected chi connectivity index (χ0v) is 14.3. The highest BCUT2D eigenvalue weighted by Gasteiger charge is 2.16. The maximum Gasteiger partial charge on any atom is 0.132 e. The van der Waals surface area contributed by atoms with Crippen LogP contribution in [0.5, 0.6) is 0 Å². The van der Waals surface area contributed by atoms with Crippen molar-refractivity contribution in [2.24, 2.45) is 5.18 Å². The van der Waals surface area contributed by atoms with Crippen molar-refractivity contribution in [3.8, 4) is 22.3 Å². The van der Waals surface area contributed by atoms with Crippen LogP contribution in [0.15, 0.2) is 53.4 Å². The highest BCUT2D eigenvalue weighted by atomic mass is 32.1. The van der Waals surface area contributed by atoms with Crippen LogP contribution >= 0.6 is 11.3 Å². The van der Waals surface area contributed by atoms with Gasteiger partial charge in [-0.1, -0.05) is 12.1 Å². The van der Waals surface area contributed by atoms with Crippen molar-refractivity contribution in [3.63, 3.8) is 0 Å². The molecule has 0 unspecified atom stereocenters. The lowest BCUT2D eigenvalue weighted by Gasteiger charge is -2.05. The predicted octanol–water partition coefficient (Wildman–Crippen LogP) is 4.83. The van der Waals surface area contributed by atoms with Crippen molar-refractivity contribution < 1.29 is 0 Å². The van der Waals surface area contributed by atoms with E-state index in [9.17, 15) is 4.91 Å². The number of benzene rings is 1. The average molecular weight is 349 g/mol. The van der Waals surface area contributed by atoms with Gasteiger partial charge in [0, 0.05) is 45.7 Å². The zero-order valence-electron chi connectivity index (χ0n) is 13.5. The first-order valence-corrected chi connectivity index (χ1v) is 8.71. The van der Waals surface area contributed by atoms with Crippen LogP contribution in [-0.2, 0) is 6.54 Å². The monoisotopic (exact) mass is 349 g/mol. The van der Waals surface area contributed by atoms with E-state index in [0.717, 1.165) is 38.9 Å². The Kier molecular flexibility index (Phi) is 3.77. The second-order valence-electron chi connectivity index (χ2n) is 5.63. The summed E-state index contributed by atoms with van der Waals surface area (Å²) in [5.74, 6) is 0.496. The van der Waals surface area contributed by atoms with E-state index in [1.54, 1.807) is 29.7 Å². The Morgan fingerprint density at radius 3 is 2.64 bits per heavy atom. The van der Waals surface area contributed by atoms with Crippen molar-refractivity contribution in [3.05, 3.63) is 53.1 Å². The summed E-state index contributed by atoms with van der Waals surface area (Å²) < 4.78 is 2.97. The normalized spacial score (nSPS) is 11.1. The lowest BCUT2D eigenvalue weighted by Crippen LogP contribution is -1.93. The second-order valence-corrected chi connectivity index (χ2v) is 6.51. The number of rotatable bonds is 4. The Balaban J connectivity index is 1.90. The molecule has 3 heterocycles. The number of hydrogen-bond acceptors (Lipinski definition) is 6. The summed E-state index contributed by atoms with van der Waals surface area (Å²) in [6, 6.07) is 7.15. The third kappa shape index (κ3) is 2.58. The number of aryl methyl sites for hydroxylation is 1. The van der Waals surface area contributed by atoms with Gasteiger partial charge in [-0.05, 0) is 35.2 Å². The van der Waals surface area contributed by atoms with Gasteiger partial charge in [-0.15, -0.1) is 16.2 Å². The van der Waals surface area contributed by atoms with Crippen LogP contribution in [0.1, 0.15) is 6.92 Å². The summed E-state index contributed by atoms with van der Waals surface area (Å²) >= 11 is 1.63. The van der Waals surface area contributed by atoms with Gasteiger partial charge >= 0.3 is 0 Å². The quantitative estimate of drug-likeness (QED) is 0.535. The van der Waals surface area contributed by atoms with E-state index in [4.69, 9.17) is 5.73 Å². The molecule has 0 spiro atoms. The summed E-state index contributed by atoms with van der Waals surface area (Å²) in [6.07, 6.45) is 5.66. The minimum atomic E-state index is 0.405. The largest absolute Gasteiger partial charge is 0.383 e. The number of pyridine rings is 1. The fraction of sp³-hybridized carbons (Fsp3) is 0.111. The van der Waals surface area contributed by atoms with Crippen LogP contribution in [0.25, 0.3) is 32.3 Å². The van der Waals surface area contributed by atoms with Crippen molar-refractivity contribution in [2.45, 2.75) is 13.5 Å². The van der Waals surface area contributed by atoms with E-state index in [1.807, 2.05) is 29.2 Å². The van der Waals surface area contributed by atoms with Gasteiger partial charge in [-0.25, -0.2) is 4.98 Å². The van der Waals surface area contributed by atoms with Crippen LogP contribution in [0.4, 0.5) is 11.5 Å². The minimum Gasteiger partial charge on any atom is -0.383 e. The van der Waals surface area contributed by atoms with Crippen molar-refractivity contribution >= 4 is 32.9 Å². The third-order valence-corrected chi connectivity index (χ3v) is 5.19. The molecule has 1 aromatic carbocycles. The first-order chi connectivity index (χ1) is 12.2. The van der Waals surface area contributed by atoms with Gasteiger partial charge in [0.25, 0.3) is 0 Å². The van der Waals surface area contributed by atoms with Crippen LogP contribution < -0.4 is 5.73 Å². The predicted molar refractivity (Wildman–Crippen MR) is 102 cm³/mol. The molecule has 0 saturated carbocycles. The van der Waals surface area contributed by atoms with Gasteiger partial charge in [0.1, 0.15) is 11.5 Å². The molecule has 0 aliphatic rings. The number of nitrogens with two attached hydrogens (primary N) is 1. The molecule has 4 aromatic rings. The first kappa shape index (κ1) is 15.5. The lowest BCUT2D eigenvalue weighted by atomic mass is 10.0. The van der Waals surface area contributed by atoms with Crippen LogP contribution in [0, 0.1) is 4.91 Å². The number of anilines is 1. The van der Waals surface area contributed by atoms with Gasteiger partial charge < -0.3 is 5.73 Å². The second kappa shape index (κ2) is 6.10. The smallest absolute Gasteiger partial charge is 0.132 e. The molecular formula is C18H15N5OS. The maximum atomic E-state index is 10.6. The number of hydrogen-bond donors (Lipinski definition) is 1. The number of nitroso groups, excluding NO2 is 1. The molecule has 0 amide bonds. The van der Waals surface area contributed by atoms with Gasteiger partial charge in [-0.3, -0.25) is 4.68 Å². The molecule has 0 radical (unpaired) electrons. The summed E-state index contributed by atoms with van der Waals surface area (Å²) in [5, 5.41) is 10.3. The highest BCUT2D eigenvalue weighted by molar-refractivity contribution is 7.18. The molecule has 2 N–H and O–H groups in total. The van der Waals surface area contributed by atoms with Gasteiger partial charge in [-0.2, -0.15) is 5.10 Å². The molecule has 0 bridgehead atoms. The molecule has 0 atom stereocenters. The Labute approximate surface area is 147 Å². The molecule has 6 nitrogen and oxygen atoms in total. The van der Waals surface area contributed by atoms with E-state index in [0.29, 0.717) is 11.5 Å². The lowest BCUT2D eigenvalue weighted by molar-refractivity contribution is 0.660. The third-order valence-electron chi connectivity index (χ3n) is 4.18. The minimum absolute atomic E-state index is 0.405. The van der Waals surface area contributed by atoms with Gasteiger partial charge in [0.2, 0.25) is 0 Å². The first-order valence-electron chi connectivity index (χ1n) is 7.83. The topological polar surface area (TPSA) is 86.2 Å². The van der Waals surface area contributed by atoms with E-state index in [1.165, 1.54) is 0 Å². The molecule has 7 heteroatoms. The fourth-order valence-electron chi connectivity index (χ4n) is 2.86. The van der Waals surface area contributed by atoms with Crippen molar-refractivity contribution in [2.75, 3.05) is 5.73 Å². The van der Waals surface area contributed by atoms with Crippen LogP contribution in [0.2, 0.25) is 0 Å².